The Hall–Kier alpha value is -4.14. The van der Waals surface area contributed by atoms with Crippen molar-refractivity contribution in [3.63, 3.8) is 0 Å². The Morgan fingerprint density at radius 3 is 2.58 bits per heavy atom. The molecule has 1 fully saturated rings. The number of imide groups is 1. The van der Waals surface area contributed by atoms with Gasteiger partial charge in [-0.2, -0.15) is 0 Å². The Labute approximate surface area is 176 Å². The van der Waals surface area contributed by atoms with Gasteiger partial charge in [-0.1, -0.05) is 18.2 Å². The molecule has 9 heteroatoms. The second-order valence-electron chi connectivity index (χ2n) is 7.32. The molecular weight excluding hydrogens is 400 g/mol. The van der Waals surface area contributed by atoms with E-state index in [1.54, 1.807) is 50.4 Å². The third-order valence-electron chi connectivity index (χ3n) is 5.29. The van der Waals surface area contributed by atoms with Gasteiger partial charge in [-0.05, 0) is 43.3 Å². The van der Waals surface area contributed by atoms with Crippen LogP contribution in [0.25, 0.3) is 22.4 Å². The van der Waals surface area contributed by atoms with Gasteiger partial charge in [-0.3, -0.25) is 9.69 Å². The molecule has 0 saturated carbocycles. The molecule has 1 N–H and O–H groups in total. The van der Waals surface area contributed by atoms with E-state index >= 15 is 0 Å². The molecule has 0 radical (unpaired) electrons. The highest BCUT2D eigenvalue weighted by Crippen LogP contribution is 2.33. The van der Waals surface area contributed by atoms with E-state index in [-0.39, 0.29) is 18.3 Å². The molecule has 2 aromatic heterocycles. The van der Waals surface area contributed by atoms with E-state index in [1.165, 1.54) is 0 Å². The van der Waals surface area contributed by atoms with Crippen LogP contribution in [0, 0.1) is 0 Å². The molecule has 2 aromatic carbocycles. The monoisotopic (exact) mass is 418 g/mol. The maximum Gasteiger partial charge on any atom is 0.325 e. The summed E-state index contributed by atoms with van der Waals surface area (Å²) in [7, 11) is 1.58. The number of furan rings is 1. The van der Waals surface area contributed by atoms with Crippen molar-refractivity contribution in [1.29, 1.82) is 0 Å². The van der Waals surface area contributed by atoms with Gasteiger partial charge in [0.15, 0.2) is 5.54 Å². The lowest BCUT2D eigenvalue weighted by Gasteiger charge is -2.18. The number of nitrogens with zero attached hydrogens (tertiary/aromatic N) is 3. The average molecular weight is 418 g/mol. The quantitative estimate of drug-likeness (QED) is 0.494. The van der Waals surface area contributed by atoms with Crippen molar-refractivity contribution in [1.82, 2.24) is 20.4 Å². The van der Waals surface area contributed by atoms with Crippen molar-refractivity contribution in [2.75, 3.05) is 7.11 Å². The third-order valence-corrected chi connectivity index (χ3v) is 5.29. The fraction of sp³-hybridized carbons (Fsp3) is 0.182. The van der Waals surface area contributed by atoms with E-state index in [2.05, 4.69) is 15.5 Å². The van der Waals surface area contributed by atoms with Crippen LogP contribution in [0.3, 0.4) is 0 Å². The number of hydrogen-bond donors (Lipinski definition) is 1. The number of rotatable bonds is 5. The Morgan fingerprint density at radius 2 is 1.84 bits per heavy atom. The molecule has 4 aromatic rings. The fourth-order valence-electron chi connectivity index (χ4n) is 3.54. The number of carbonyl (C=O) groups excluding carboxylic acids is 2. The minimum Gasteiger partial charge on any atom is -0.497 e. The molecule has 0 aliphatic carbocycles. The first-order chi connectivity index (χ1) is 15.0. The lowest BCUT2D eigenvalue weighted by molar-refractivity contribution is -0.132. The molecule has 5 rings (SSSR count). The Balaban J connectivity index is 1.38. The number of fused-ring (bicyclic) bond motifs is 1. The SMILES string of the molecule is COc1ccc(-c2nnc(CN3C(=O)N[C@](C)(c4cc5ccccc5o4)C3=O)o2)cc1. The zero-order valence-corrected chi connectivity index (χ0v) is 16.8. The number of ether oxygens (including phenoxy) is 1. The minimum atomic E-state index is -1.32. The smallest absolute Gasteiger partial charge is 0.325 e. The third kappa shape index (κ3) is 3.10. The van der Waals surface area contributed by atoms with E-state index in [9.17, 15) is 9.59 Å². The molecular formula is C22H18N4O5. The number of amides is 3. The molecule has 3 heterocycles. The van der Waals surface area contributed by atoms with Crippen molar-refractivity contribution in [3.05, 3.63) is 66.2 Å². The number of carbonyl (C=O) groups is 2. The van der Waals surface area contributed by atoms with E-state index in [0.717, 1.165) is 10.3 Å². The number of hydrogen-bond acceptors (Lipinski definition) is 7. The number of nitrogens with one attached hydrogen (secondary N) is 1. The standard InChI is InChI=1S/C22H18N4O5/c1-22(17-11-14-5-3-4-6-16(14)30-17)20(27)26(21(28)23-22)12-18-24-25-19(31-18)13-7-9-15(29-2)10-8-13/h3-11H,12H2,1-2H3,(H,23,28)/t22-/m1/s1. The van der Waals surface area contributed by atoms with Crippen LogP contribution in [-0.2, 0) is 16.9 Å². The Kier molecular flexibility index (Phi) is 4.25. The largest absolute Gasteiger partial charge is 0.497 e. The lowest BCUT2D eigenvalue weighted by Crippen LogP contribution is -2.40. The molecule has 1 aliphatic heterocycles. The number of aromatic nitrogens is 2. The summed E-state index contributed by atoms with van der Waals surface area (Å²) in [5.74, 6) is 1.03. The van der Waals surface area contributed by atoms with Gasteiger partial charge in [0.25, 0.3) is 5.91 Å². The van der Waals surface area contributed by atoms with Crippen molar-refractivity contribution >= 4 is 22.9 Å². The van der Waals surface area contributed by atoms with Gasteiger partial charge in [0, 0.05) is 10.9 Å². The van der Waals surface area contributed by atoms with Crippen molar-refractivity contribution in [2.24, 2.45) is 0 Å². The molecule has 31 heavy (non-hydrogen) atoms. The molecule has 0 unspecified atom stereocenters. The van der Waals surface area contributed by atoms with Crippen molar-refractivity contribution in [3.8, 4) is 17.2 Å². The molecule has 1 aliphatic rings. The van der Waals surface area contributed by atoms with Gasteiger partial charge >= 0.3 is 6.03 Å². The molecule has 1 atom stereocenters. The average Bonchev–Trinajstić information content (AvgIpc) is 3.48. The predicted octanol–water partition coefficient (Wildman–Crippen LogP) is 3.46. The molecule has 0 bridgehead atoms. The van der Waals surface area contributed by atoms with Crippen LogP contribution in [0.4, 0.5) is 4.79 Å². The minimum absolute atomic E-state index is 0.142. The summed E-state index contributed by atoms with van der Waals surface area (Å²) in [5.41, 5.74) is 0.0127. The zero-order valence-electron chi connectivity index (χ0n) is 16.8. The number of methoxy groups -OCH3 is 1. The van der Waals surface area contributed by atoms with Crippen LogP contribution < -0.4 is 10.1 Å². The van der Waals surface area contributed by atoms with Crippen LogP contribution in [-0.4, -0.2) is 34.1 Å². The van der Waals surface area contributed by atoms with E-state index < -0.39 is 17.5 Å². The molecule has 0 spiro atoms. The summed E-state index contributed by atoms with van der Waals surface area (Å²) >= 11 is 0. The molecule has 9 nitrogen and oxygen atoms in total. The maximum atomic E-state index is 13.1. The lowest BCUT2D eigenvalue weighted by atomic mass is 9.99. The van der Waals surface area contributed by atoms with Gasteiger partial charge in [0.05, 0.1) is 7.11 Å². The molecule has 156 valence electrons. The van der Waals surface area contributed by atoms with Crippen LogP contribution >= 0.6 is 0 Å². The first-order valence-electron chi connectivity index (χ1n) is 9.58. The Bertz CT molecular complexity index is 1260. The van der Waals surface area contributed by atoms with Gasteiger partial charge in [-0.25, -0.2) is 4.79 Å². The summed E-state index contributed by atoms with van der Waals surface area (Å²) in [6.07, 6.45) is 0. The van der Waals surface area contributed by atoms with E-state index in [4.69, 9.17) is 13.6 Å². The van der Waals surface area contributed by atoms with Crippen LogP contribution in [0.5, 0.6) is 5.75 Å². The highest BCUT2D eigenvalue weighted by atomic mass is 16.5. The van der Waals surface area contributed by atoms with E-state index in [1.807, 2.05) is 18.2 Å². The topological polar surface area (TPSA) is 111 Å². The first kappa shape index (κ1) is 18.9. The highest BCUT2D eigenvalue weighted by molar-refractivity contribution is 6.07. The van der Waals surface area contributed by atoms with Gasteiger partial charge in [-0.15, -0.1) is 10.2 Å². The number of benzene rings is 2. The van der Waals surface area contributed by atoms with Crippen molar-refractivity contribution < 1.29 is 23.2 Å². The summed E-state index contributed by atoms with van der Waals surface area (Å²) in [6, 6.07) is 15.7. The number of urea groups is 1. The summed E-state index contributed by atoms with van der Waals surface area (Å²) < 4.78 is 16.6. The van der Waals surface area contributed by atoms with Crippen LogP contribution in [0.15, 0.2) is 63.4 Å². The van der Waals surface area contributed by atoms with Crippen LogP contribution in [0.1, 0.15) is 18.6 Å². The summed E-state index contributed by atoms with van der Waals surface area (Å²) in [4.78, 5) is 26.8. The van der Waals surface area contributed by atoms with E-state index in [0.29, 0.717) is 22.7 Å². The first-order valence-corrected chi connectivity index (χ1v) is 9.58. The zero-order chi connectivity index (χ0) is 21.6. The summed E-state index contributed by atoms with van der Waals surface area (Å²) in [6.45, 7) is 1.46. The Morgan fingerprint density at radius 1 is 1.06 bits per heavy atom. The van der Waals surface area contributed by atoms with Crippen molar-refractivity contribution in [2.45, 2.75) is 19.0 Å². The second kappa shape index (κ2) is 6.98. The molecule has 1 saturated heterocycles. The van der Waals surface area contributed by atoms with Gasteiger partial charge in [0.1, 0.15) is 23.6 Å². The normalized spacial score (nSPS) is 18.6. The van der Waals surface area contributed by atoms with Crippen LogP contribution in [0.2, 0.25) is 0 Å². The van der Waals surface area contributed by atoms with Gasteiger partial charge in [0.2, 0.25) is 11.8 Å². The molecule has 3 amide bonds. The number of para-hydroxylation sites is 1. The fourth-order valence-corrected chi connectivity index (χ4v) is 3.54. The highest BCUT2D eigenvalue weighted by Gasteiger charge is 2.51. The van der Waals surface area contributed by atoms with Gasteiger partial charge < -0.3 is 18.9 Å². The predicted molar refractivity (Wildman–Crippen MR) is 109 cm³/mol. The maximum absolute atomic E-state index is 13.1. The second-order valence-corrected chi connectivity index (χ2v) is 7.32. The summed E-state index contributed by atoms with van der Waals surface area (Å²) in [5, 5.41) is 11.6.